The first-order chi connectivity index (χ1) is 13.3. The van der Waals surface area contributed by atoms with Crippen molar-refractivity contribution in [2.75, 3.05) is 12.4 Å². The lowest BCUT2D eigenvalue weighted by atomic mass is 10.0. The Morgan fingerprint density at radius 2 is 1.43 bits per heavy atom. The number of hydrogen-bond donors (Lipinski definition) is 1. The van der Waals surface area contributed by atoms with Gasteiger partial charge in [0.25, 0.3) is 0 Å². The first-order valence-electron chi connectivity index (χ1n) is 8.95. The second kappa shape index (κ2) is 7.37. The van der Waals surface area contributed by atoms with Gasteiger partial charge < -0.3 is 10.1 Å². The third-order valence-electron chi connectivity index (χ3n) is 4.93. The van der Waals surface area contributed by atoms with E-state index in [-0.39, 0.29) is 12.4 Å². The molecule has 28 heavy (non-hydrogen) atoms. The minimum Gasteiger partial charge on any atom is -0.497 e. The Kier molecular flexibility index (Phi) is 4.76. The van der Waals surface area contributed by atoms with Crippen LogP contribution >= 0.6 is 12.4 Å². The number of benzene rings is 4. The topological polar surface area (TPSA) is 34.1 Å². The standard InChI is InChI=1S/C24H18N2O.ClH/c1-27-18-13-11-17(12-14-18)25-24-20-8-4-5-9-22(20)26-23-19-7-3-2-6-16(19)10-15-21(23)24;/h2-15H,1H3,(H,25,26);1H. The highest BCUT2D eigenvalue weighted by Crippen LogP contribution is 2.36. The van der Waals surface area contributed by atoms with Gasteiger partial charge in [0.2, 0.25) is 0 Å². The van der Waals surface area contributed by atoms with Gasteiger partial charge in [-0.15, -0.1) is 12.4 Å². The zero-order valence-corrected chi connectivity index (χ0v) is 16.2. The molecule has 138 valence electrons. The van der Waals surface area contributed by atoms with Crippen LogP contribution in [0, 0.1) is 0 Å². The summed E-state index contributed by atoms with van der Waals surface area (Å²) in [5.41, 5.74) is 4.09. The number of fused-ring (bicyclic) bond motifs is 4. The van der Waals surface area contributed by atoms with Crippen LogP contribution in [0.1, 0.15) is 0 Å². The molecule has 4 heteroatoms. The number of nitrogens with one attached hydrogen (secondary N) is 1. The van der Waals surface area contributed by atoms with Crippen LogP contribution in [0.15, 0.2) is 84.9 Å². The minimum absolute atomic E-state index is 0. The van der Waals surface area contributed by atoms with Gasteiger partial charge in [0.05, 0.1) is 23.8 Å². The van der Waals surface area contributed by atoms with Crippen LogP contribution in [0.2, 0.25) is 0 Å². The van der Waals surface area contributed by atoms with Crippen molar-refractivity contribution >= 4 is 56.4 Å². The van der Waals surface area contributed by atoms with Crippen LogP contribution in [0.3, 0.4) is 0 Å². The molecule has 1 heterocycles. The Bertz CT molecular complexity index is 1280. The highest BCUT2D eigenvalue weighted by Gasteiger charge is 2.11. The zero-order valence-electron chi connectivity index (χ0n) is 15.3. The lowest BCUT2D eigenvalue weighted by Crippen LogP contribution is -1.96. The van der Waals surface area contributed by atoms with Crippen LogP contribution in [0.25, 0.3) is 32.6 Å². The van der Waals surface area contributed by atoms with E-state index < -0.39 is 0 Å². The summed E-state index contributed by atoms with van der Waals surface area (Å²) in [5.74, 6) is 0.844. The molecule has 0 fully saturated rings. The zero-order chi connectivity index (χ0) is 18.2. The van der Waals surface area contributed by atoms with E-state index in [1.54, 1.807) is 7.11 Å². The summed E-state index contributed by atoms with van der Waals surface area (Å²) in [7, 11) is 1.68. The first kappa shape index (κ1) is 18.1. The molecule has 5 rings (SSSR count). The molecular formula is C24H19ClN2O. The Morgan fingerprint density at radius 1 is 0.714 bits per heavy atom. The van der Waals surface area contributed by atoms with Crippen molar-refractivity contribution in [3.05, 3.63) is 84.9 Å². The molecule has 0 aliphatic rings. The molecule has 0 unspecified atom stereocenters. The monoisotopic (exact) mass is 386 g/mol. The molecule has 0 saturated carbocycles. The number of pyridine rings is 1. The van der Waals surface area contributed by atoms with Gasteiger partial charge in [-0.25, -0.2) is 4.98 Å². The normalized spacial score (nSPS) is 10.8. The van der Waals surface area contributed by atoms with Crippen molar-refractivity contribution in [1.82, 2.24) is 4.98 Å². The van der Waals surface area contributed by atoms with E-state index in [2.05, 4.69) is 59.9 Å². The summed E-state index contributed by atoms with van der Waals surface area (Å²) in [5, 5.41) is 8.19. The van der Waals surface area contributed by atoms with Crippen molar-refractivity contribution < 1.29 is 4.74 Å². The van der Waals surface area contributed by atoms with Crippen molar-refractivity contribution in [3.8, 4) is 5.75 Å². The molecule has 3 nitrogen and oxygen atoms in total. The number of anilines is 2. The van der Waals surface area contributed by atoms with E-state index >= 15 is 0 Å². The average Bonchev–Trinajstić information content (AvgIpc) is 2.74. The lowest BCUT2D eigenvalue weighted by molar-refractivity contribution is 0.415. The van der Waals surface area contributed by atoms with Gasteiger partial charge in [0.15, 0.2) is 0 Å². The van der Waals surface area contributed by atoms with Gasteiger partial charge >= 0.3 is 0 Å². The number of methoxy groups -OCH3 is 1. The molecule has 0 radical (unpaired) electrons. The molecule has 0 saturated heterocycles. The highest BCUT2D eigenvalue weighted by atomic mass is 35.5. The fourth-order valence-corrected chi connectivity index (χ4v) is 3.58. The molecule has 0 atom stereocenters. The molecule has 5 aromatic rings. The van der Waals surface area contributed by atoms with Crippen LogP contribution in [-0.4, -0.2) is 12.1 Å². The van der Waals surface area contributed by atoms with Crippen LogP contribution in [0.5, 0.6) is 5.75 Å². The molecule has 4 aromatic carbocycles. The Morgan fingerprint density at radius 3 is 2.21 bits per heavy atom. The third-order valence-corrected chi connectivity index (χ3v) is 4.93. The van der Waals surface area contributed by atoms with Crippen molar-refractivity contribution in [2.45, 2.75) is 0 Å². The van der Waals surface area contributed by atoms with Gasteiger partial charge in [-0.3, -0.25) is 0 Å². The van der Waals surface area contributed by atoms with E-state index in [9.17, 15) is 0 Å². The Hall–Kier alpha value is -3.30. The van der Waals surface area contributed by atoms with Crippen molar-refractivity contribution in [2.24, 2.45) is 0 Å². The predicted octanol–water partition coefficient (Wildman–Crippen LogP) is 6.72. The summed E-state index contributed by atoms with van der Waals surface area (Å²) in [4.78, 5) is 4.98. The summed E-state index contributed by atoms with van der Waals surface area (Å²) < 4.78 is 5.27. The maximum Gasteiger partial charge on any atom is 0.119 e. The van der Waals surface area contributed by atoms with Gasteiger partial charge in [-0.05, 0) is 35.7 Å². The quantitative estimate of drug-likeness (QED) is 0.276. The van der Waals surface area contributed by atoms with Crippen molar-refractivity contribution in [1.29, 1.82) is 0 Å². The van der Waals surface area contributed by atoms with Crippen molar-refractivity contribution in [3.63, 3.8) is 0 Å². The Balaban J connectivity index is 0.00000192. The molecule has 0 amide bonds. The molecule has 1 aromatic heterocycles. The van der Waals surface area contributed by atoms with E-state index in [0.29, 0.717) is 0 Å². The number of ether oxygens (including phenoxy) is 1. The molecule has 0 aliphatic heterocycles. The highest BCUT2D eigenvalue weighted by molar-refractivity contribution is 6.16. The fraction of sp³-hybridized carbons (Fsp3) is 0.0417. The smallest absolute Gasteiger partial charge is 0.119 e. The Labute approximate surface area is 169 Å². The summed E-state index contributed by atoms with van der Waals surface area (Å²) >= 11 is 0. The van der Waals surface area contributed by atoms with Crippen LogP contribution in [0.4, 0.5) is 11.4 Å². The average molecular weight is 387 g/mol. The minimum atomic E-state index is 0. The number of rotatable bonds is 3. The summed E-state index contributed by atoms with van der Waals surface area (Å²) in [6.07, 6.45) is 0. The van der Waals surface area contributed by atoms with Gasteiger partial charge in [0, 0.05) is 21.8 Å². The summed E-state index contributed by atoms with van der Waals surface area (Å²) in [6.45, 7) is 0. The largest absolute Gasteiger partial charge is 0.497 e. The number of halogens is 1. The second-order valence-electron chi connectivity index (χ2n) is 6.54. The molecule has 1 N–H and O–H groups in total. The van der Waals surface area contributed by atoms with E-state index in [1.165, 1.54) is 10.8 Å². The maximum absolute atomic E-state index is 5.27. The van der Waals surface area contributed by atoms with Crippen LogP contribution < -0.4 is 10.1 Å². The lowest BCUT2D eigenvalue weighted by Gasteiger charge is -2.15. The number of hydrogen-bond acceptors (Lipinski definition) is 3. The molecule has 0 aliphatic carbocycles. The van der Waals surface area contributed by atoms with E-state index in [0.717, 1.165) is 38.9 Å². The fourth-order valence-electron chi connectivity index (χ4n) is 3.58. The van der Waals surface area contributed by atoms with Gasteiger partial charge in [-0.1, -0.05) is 54.6 Å². The number of para-hydroxylation sites is 1. The first-order valence-corrected chi connectivity index (χ1v) is 8.95. The van der Waals surface area contributed by atoms with Gasteiger partial charge in [-0.2, -0.15) is 0 Å². The molecular weight excluding hydrogens is 368 g/mol. The van der Waals surface area contributed by atoms with Gasteiger partial charge in [0.1, 0.15) is 5.75 Å². The number of nitrogens with zero attached hydrogens (tertiary/aromatic N) is 1. The SMILES string of the molecule is COc1ccc(Nc2c3ccccc3nc3c2ccc2ccccc23)cc1.Cl. The number of aromatic nitrogens is 1. The molecule has 0 bridgehead atoms. The maximum atomic E-state index is 5.27. The van der Waals surface area contributed by atoms with Crippen LogP contribution in [-0.2, 0) is 0 Å². The van der Waals surface area contributed by atoms with E-state index in [1.807, 2.05) is 30.3 Å². The molecule has 0 spiro atoms. The van der Waals surface area contributed by atoms with E-state index in [4.69, 9.17) is 9.72 Å². The second-order valence-corrected chi connectivity index (χ2v) is 6.54. The summed E-state index contributed by atoms with van der Waals surface area (Å²) in [6, 6.07) is 28.9. The third kappa shape index (κ3) is 3.00. The predicted molar refractivity (Wildman–Crippen MR) is 120 cm³/mol.